The number of fused-ring (bicyclic) bond motifs is 1. The van der Waals surface area contributed by atoms with E-state index in [0.29, 0.717) is 35.0 Å². The number of nitrogens with one attached hydrogen (secondary N) is 1. The van der Waals surface area contributed by atoms with Crippen LogP contribution in [0.2, 0.25) is 0 Å². The molecular formula is C25H28FN7. The number of hydrogen-bond acceptors (Lipinski definition) is 6. The molecule has 5 rings (SSSR count). The van der Waals surface area contributed by atoms with Crippen LogP contribution in [0.15, 0.2) is 54.6 Å². The Balaban J connectivity index is 1.48. The number of aromatic nitrogens is 4. The number of nitrogens with zero attached hydrogens (tertiary/aromatic N) is 5. The highest BCUT2D eigenvalue weighted by Crippen LogP contribution is 2.32. The van der Waals surface area contributed by atoms with Crippen LogP contribution in [-0.2, 0) is 6.54 Å². The third-order valence-electron chi connectivity index (χ3n) is 6.09. The first-order valence-electron chi connectivity index (χ1n) is 11.5. The maximum atomic E-state index is 13.6. The standard InChI is InChI=1S/C25H28FN7/c26-20-11-9-19(10-12-20)22-21-23(27)33(17-18-7-3-1-4-8-18)31-24(21)30-25(29-22)28-13-16-32-14-5-2-6-15-32/h1,3-4,7-12H,2,5-6,13-17,27H2,(H,28,30,31). The second kappa shape index (κ2) is 9.54. The van der Waals surface area contributed by atoms with Gasteiger partial charge in [-0.3, -0.25) is 0 Å². The van der Waals surface area contributed by atoms with Crippen molar-refractivity contribution in [1.29, 1.82) is 0 Å². The van der Waals surface area contributed by atoms with Crippen molar-refractivity contribution < 1.29 is 4.39 Å². The average molecular weight is 446 g/mol. The van der Waals surface area contributed by atoms with Crippen LogP contribution in [0.25, 0.3) is 22.3 Å². The fourth-order valence-corrected chi connectivity index (χ4v) is 4.34. The molecule has 0 radical (unpaired) electrons. The van der Waals surface area contributed by atoms with Gasteiger partial charge < -0.3 is 16.0 Å². The first-order chi connectivity index (χ1) is 16.2. The first-order valence-corrected chi connectivity index (χ1v) is 11.5. The van der Waals surface area contributed by atoms with E-state index in [1.54, 1.807) is 16.8 Å². The molecule has 0 saturated carbocycles. The lowest BCUT2D eigenvalue weighted by Gasteiger charge is -2.26. The predicted molar refractivity (Wildman–Crippen MR) is 129 cm³/mol. The number of likely N-dealkylation sites (tertiary alicyclic amines) is 1. The minimum atomic E-state index is -0.295. The first kappa shape index (κ1) is 21.3. The molecule has 0 aliphatic carbocycles. The van der Waals surface area contributed by atoms with Crippen LogP contribution < -0.4 is 11.1 Å². The quantitative estimate of drug-likeness (QED) is 0.444. The van der Waals surface area contributed by atoms with Crippen molar-refractivity contribution in [3.8, 4) is 11.3 Å². The number of rotatable bonds is 7. The second-order valence-corrected chi connectivity index (χ2v) is 8.46. The number of benzene rings is 2. The third-order valence-corrected chi connectivity index (χ3v) is 6.09. The van der Waals surface area contributed by atoms with Crippen molar-refractivity contribution in [1.82, 2.24) is 24.6 Å². The smallest absolute Gasteiger partial charge is 0.225 e. The summed E-state index contributed by atoms with van der Waals surface area (Å²) >= 11 is 0. The van der Waals surface area contributed by atoms with Gasteiger partial charge in [0, 0.05) is 18.7 Å². The Bertz CT molecular complexity index is 1220. The summed E-state index contributed by atoms with van der Waals surface area (Å²) in [6, 6.07) is 16.3. The van der Waals surface area contributed by atoms with Crippen molar-refractivity contribution in [2.45, 2.75) is 25.8 Å². The molecule has 8 heteroatoms. The van der Waals surface area contributed by atoms with Gasteiger partial charge in [-0.2, -0.15) is 4.98 Å². The van der Waals surface area contributed by atoms with Gasteiger partial charge in [0.05, 0.1) is 17.6 Å². The van der Waals surface area contributed by atoms with E-state index in [9.17, 15) is 4.39 Å². The minimum absolute atomic E-state index is 0.295. The van der Waals surface area contributed by atoms with E-state index >= 15 is 0 Å². The van der Waals surface area contributed by atoms with E-state index in [1.807, 2.05) is 30.3 Å². The van der Waals surface area contributed by atoms with Crippen LogP contribution in [0.3, 0.4) is 0 Å². The third kappa shape index (κ3) is 4.80. The summed E-state index contributed by atoms with van der Waals surface area (Å²) in [5.74, 6) is 0.702. The van der Waals surface area contributed by atoms with E-state index in [4.69, 9.17) is 10.7 Å². The highest BCUT2D eigenvalue weighted by atomic mass is 19.1. The van der Waals surface area contributed by atoms with Crippen molar-refractivity contribution in [3.63, 3.8) is 0 Å². The molecule has 0 unspecified atom stereocenters. The highest BCUT2D eigenvalue weighted by molar-refractivity contribution is 5.98. The maximum absolute atomic E-state index is 13.6. The highest BCUT2D eigenvalue weighted by Gasteiger charge is 2.19. The monoisotopic (exact) mass is 445 g/mol. The maximum Gasteiger partial charge on any atom is 0.225 e. The Morgan fingerprint density at radius 1 is 0.939 bits per heavy atom. The predicted octanol–water partition coefficient (Wildman–Crippen LogP) is 4.16. The van der Waals surface area contributed by atoms with E-state index in [0.717, 1.165) is 37.3 Å². The van der Waals surface area contributed by atoms with Crippen LogP contribution in [-0.4, -0.2) is 50.8 Å². The second-order valence-electron chi connectivity index (χ2n) is 8.46. The van der Waals surface area contributed by atoms with Gasteiger partial charge >= 0.3 is 0 Å². The molecule has 1 aliphatic heterocycles. The Labute approximate surface area is 192 Å². The molecule has 0 spiro atoms. The van der Waals surface area contributed by atoms with E-state index < -0.39 is 0 Å². The Hall–Kier alpha value is -3.52. The summed E-state index contributed by atoms with van der Waals surface area (Å²) < 4.78 is 15.3. The largest absolute Gasteiger partial charge is 0.383 e. The molecule has 3 N–H and O–H groups in total. The van der Waals surface area contributed by atoms with Crippen molar-refractivity contribution in [2.24, 2.45) is 0 Å². The van der Waals surface area contributed by atoms with Crippen LogP contribution >= 0.6 is 0 Å². The number of nitrogens with two attached hydrogens (primary N) is 1. The normalized spacial score (nSPS) is 14.6. The van der Waals surface area contributed by atoms with Crippen molar-refractivity contribution >= 4 is 22.8 Å². The lowest BCUT2D eigenvalue weighted by molar-refractivity contribution is 0.237. The molecule has 0 atom stereocenters. The Kier molecular flexibility index (Phi) is 6.17. The summed E-state index contributed by atoms with van der Waals surface area (Å²) in [5, 5.41) is 8.72. The van der Waals surface area contributed by atoms with Gasteiger partial charge in [0.1, 0.15) is 11.6 Å². The van der Waals surface area contributed by atoms with E-state index in [-0.39, 0.29) is 5.82 Å². The van der Waals surface area contributed by atoms with E-state index in [2.05, 4.69) is 20.3 Å². The molecular weight excluding hydrogens is 417 g/mol. The molecule has 7 nitrogen and oxygen atoms in total. The molecule has 1 fully saturated rings. The molecule has 1 saturated heterocycles. The van der Waals surface area contributed by atoms with Crippen LogP contribution in [0.5, 0.6) is 0 Å². The zero-order valence-electron chi connectivity index (χ0n) is 18.5. The molecule has 4 aromatic rings. The lowest BCUT2D eigenvalue weighted by Crippen LogP contribution is -2.33. The molecule has 1 aliphatic rings. The van der Waals surface area contributed by atoms with Gasteiger partial charge in [-0.05, 0) is 55.8 Å². The van der Waals surface area contributed by atoms with Crippen LogP contribution in [0.1, 0.15) is 24.8 Å². The van der Waals surface area contributed by atoms with Crippen LogP contribution in [0.4, 0.5) is 16.2 Å². The molecule has 170 valence electrons. The summed E-state index contributed by atoms with van der Waals surface area (Å²) in [5.41, 5.74) is 9.56. The number of anilines is 2. The van der Waals surface area contributed by atoms with Crippen LogP contribution in [0, 0.1) is 5.82 Å². The number of halogens is 1. The zero-order chi connectivity index (χ0) is 22.6. The fourth-order valence-electron chi connectivity index (χ4n) is 4.34. The molecule has 3 heterocycles. The van der Waals surface area contributed by atoms with Gasteiger partial charge in [-0.15, -0.1) is 5.10 Å². The summed E-state index contributed by atoms with van der Waals surface area (Å²) in [7, 11) is 0. The zero-order valence-corrected chi connectivity index (χ0v) is 18.5. The Morgan fingerprint density at radius 2 is 1.70 bits per heavy atom. The topological polar surface area (TPSA) is 84.9 Å². The SMILES string of the molecule is Nc1c2c(-c3ccc(F)cc3)nc(NCCN3CCCCC3)nc2nn1Cc1ccccc1. The van der Waals surface area contributed by atoms with Gasteiger partial charge in [-0.25, -0.2) is 14.1 Å². The van der Waals surface area contributed by atoms with Gasteiger partial charge in [0.2, 0.25) is 5.95 Å². The minimum Gasteiger partial charge on any atom is -0.383 e. The summed E-state index contributed by atoms with van der Waals surface area (Å²) in [4.78, 5) is 11.9. The summed E-state index contributed by atoms with van der Waals surface area (Å²) in [6.07, 6.45) is 3.84. The number of nitrogen functional groups attached to an aromatic ring is 1. The van der Waals surface area contributed by atoms with Crippen molar-refractivity contribution in [3.05, 3.63) is 66.0 Å². The average Bonchev–Trinajstić information content (AvgIpc) is 3.15. The van der Waals surface area contributed by atoms with Gasteiger partial charge in [-0.1, -0.05) is 36.8 Å². The van der Waals surface area contributed by atoms with Crippen molar-refractivity contribution in [2.75, 3.05) is 37.2 Å². The molecule has 0 amide bonds. The lowest BCUT2D eigenvalue weighted by atomic mass is 10.1. The van der Waals surface area contributed by atoms with E-state index in [1.165, 1.54) is 31.4 Å². The van der Waals surface area contributed by atoms with Gasteiger partial charge in [0.25, 0.3) is 0 Å². The molecule has 2 aromatic carbocycles. The molecule has 0 bridgehead atoms. The summed E-state index contributed by atoms with van der Waals surface area (Å²) in [6.45, 7) is 4.50. The number of piperidine rings is 1. The Morgan fingerprint density at radius 3 is 2.45 bits per heavy atom. The molecule has 33 heavy (non-hydrogen) atoms. The number of hydrogen-bond donors (Lipinski definition) is 2. The molecule has 2 aromatic heterocycles. The van der Waals surface area contributed by atoms with Gasteiger partial charge in [0.15, 0.2) is 5.65 Å². The fraction of sp³-hybridized carbons (Fsp3) is 0.320.